The van der Waals surface area contributed by atoms with Gasteiger partial charge in [-0.2, -0.15) is 0 Å². The molecule has 1 aliphatic rings. The number of aliphatic hydroxyl groups excluding tert-OH is 1. The highest BCUT2D eigenvalue weighted by molar-refractivity contribution is 5.78. The third kappa shape index (κ3) is 1.40. The lowest BCUT2D eigenvalue weighted by Crippen LogP contribution is -2.49. The Morgan fingerprint density at radius 2 is 2.56 bits per heavy atom. The minimum absolute atomic E-state index is 0.0362. The SMILES string of the molecule is CC1NC(=O)COC1O. The molecule has 0 aromatic heterocycles. The Morgan fingerprint density at radius 3 is 3.00 bits per heavy atom. The number of morpholine rings is 1. The molecule has 0 aliphatic carbocycles. The summed E-state index contributed by atoms with van der Waals surface area (Å²) in [5.41, 5.74) is 0. The van der Waals surface area contributed by atoms with Crippen LogP contribution in [-0.4, -0.2) is 30.0 Å². The molecule has 9 heavy (non-hydrogen) atoms. The maximum Gasteiger partial charge on any atom is 0.246 e. The number of hydrogen-bond donors (Lipinski definition) is 2. The van der Waals surface area contributed by atoms with Gasteiger partial charge >= 0.3 is 0 Å². The lowest BCUT2D eigenvalue weighted by Gasteiger charge is -2.25. The predicted molar refractivity (Wildman–Crippen MR) is 29.6 cm³/mol. The summed E-state index contributed by atoms with van der Waals surface area (Å²) in [6.45, 7) is 1.65. The third-order valence-corrected chi connectivity index (χ3v) is 1.20. The van der Waals surface area contributed by atoms with Crippen molar-refractivity contribution in [1.29, 1.82) is 0 Å². The van der Waals surface area contributed by atoms with Gasteiger partial charge in [0.15, 0.2) is 6.29 Å². The fraction of sp³-hybridized carbons (Fsp3) is 0.800. The summed E-state index contributed by atoms with van der Waals surface area (Å²) >= 11 is 0. The molecule has 2 N–H and O–H groups in total. The lowest BCUT2D eigenvalue weighted by molar-refractivity contribution is -0.164. The number of carbonyl (C=O) groups excluding carboxylic acids is 1. The number of ether oxygens (including phenoxy) is 1. The number of amides is 1. The normalized spacial score (nSPS) is 36.0. The summed E-state index contributed by atoms with van der Waals surface area (Å²) in [5.74, 6) is -0.173. The molecule has 0 aromatic rings. The van der Waals surface area contributed by atoms with E-state index in [9.17, 15) is 4.79 Å². The second-order valence-corrected chi connectivity index (χ2v) is 2.06. The van der Waals surface area contributed by atoms with Crippen LogP contribution in [0.5, 0.6) is 0 Å². The van der Waals surface area contributed by atoms with E-state index >= 15 is 0 Å². The van der Waals surface area contributed by atoms with E-state index in [0.29, 0.717) is 0 Å². The molecule has 52 valence electrons. The Balaban J connectivity index is 2.44. The van der Waals surface area contributed by atoms with Crippen LogP contribution < -0.4 is 5.32 Å². The van der Waals surface area contributed by atoms with Gasteiger partial charge < -0.3 is 15.2 Å². The average molecular weight is 131 g/mol. The Kier molecular flexibility index (Phi) is 1.68. The first-order valence-electron chi connectivity index (χ1n) is 2.79. The van der Waals surface area contributed by atoms with Crippen LogP contribution in [0.3, 0.4) is 0 Å². The van der Waals surface area contributed by atoms with Crippen LogP contribution in [0.15, 0.2) is 0 Å². The number of nitrogens with one attached hydrogen (secondary N) is 1. The van der Waals surface area contributed by atoms with Gasteiger partial charge in [0.25, 0.3) is 0 Å². The minimum atomic E-state index is -0.845. The minimum Gasteiger partial charge on any atom is -0.366 e. The third-order valence-electron chi connectivity index (χ3n) is 1.20. The second kappa shape index (κ2) is 2.33. The van der Waals surface area contributed by atoms with Crippen molar-refractivity contribution in [3.05, 3.63) is 0 Å². The fourth-order valence-corrected chi connectivity index (χ4v) is 0.672. The maximum atomic E-state index is 10.5. The molecule has 1 aliphatic heterocycles. The van der Waals surface area contributed by atoms with Crippen molar-refractivity contribution in [2.45, 2.75) is 19.3 Å². The molecule has 2 atom stereocenters. The van der Waals surface area contributed by atoms with E-state index in [1.165, 1.54) is 0 Å². The van der Waals surface area contributed by atoms with Crippen molar-refractivity contribution in [3.8, 4) is 0 Å². The molecule has 4 heteroatoms. The van der Waals surface area contributed by atoms with Gasteiger partial charge in [-0.15, -0.1) is 0 Å². The van der Waals surface area contributed by atoms with E-state index in [1.807, 2.05) is 0 Å². The summed E-state index contributed by atoms with van der Waals surface area (Å²) < 4.78 is 4.65. The Morgan fingerprint density at radius 1 is 1.89 bits per heavy atom. The van der Waals surface area contributed by atoms with E-state index in [0.717, 1.165) is 0 Å². The molecule has 1 heterocycles. The van der Waals surface area contributed by atoms with Gasteiger partial charge in [0, 0.05) is 0 Å². The predicted octanol–water partition coefficient (Wildman–Crippen LogP) is -1.16. The molecule has 0 aromatic carbocycles. The monoisotopic (exact) mass is 131 g/mol. The number of rotatable bonds is 0. The van der Waals surface area contributed by atoms with E-state index < -0.39 is 6.29 Å². The van der Waals surface area contributed by atoms with Gasteiger partial charge in [-0.05, 0) is 6.92 Å². The first-order valence-corrected chi connectivity index (χ1v) is 2.79. The van der Waals surface area contributed by atoms with Gasteiger partial charge in [-0.1, -0.05) is 0 Å². The highest BCUT2D eigenvalue weighted by atomic mass is 16.6. The summed E-state index contributed by atoms with van der Waals surface area (Å²) in [7, 11) is 0. The van der Waals surface area contributed by atoms with Crippen LogP contribution in [0.2, 0.25) is 0 Å². The van der Waals surface area contributed by atoms with Crippen LogP contribution >= 0.6 is 0 Å². The quantitative estimate of drug-likeness (QED) is 0.436. The molecule has 0 saturated carbocycles. The van der Waals surface area contributed by atoms with Gasteiger partial charge in [-0.3, -0.25) is 4.79 Å². The molecular weight excluding hydrogens is 122 g/mol. The zero-order valence-electron chi connectivity index (χ0n) is 5.13. The summed E-state index contributed by atoms with van der Waals surface area (Å²) in [5, 5.41) is 11.4. The summed E-state index contributed by atoms with van der Waals surface area (Å²) in [6.07, 6.45) is -0.845. The number of aliphatic hydroxyl groups is 1. The molecular formula is C5H9NO3. The Labute approximate surface area is 52.8 Å². The van der Waals surface area contributed by atoms with Crippen molar-refractivity contribution in [1.82, 2.24) is 5.32 Å². The molecule has 4 nitrogen and oxygen atoms in total. The van der Waals surface area contributed by atoms with Crippen LogP contribution in [-0.2, 0) is 9.53 Å². The van der Waals surface area contributed by atoms with Crippen LogP contribution in [0, 0.1) is 0 Å². The number of hydrogen-bond acceptors (Lipinski definition) is 3. The molecule has 0 bridgehead atoms. The Hall–Kier alpha value is -0.610. The molecule has 1 rings (SSSR count). The van der Waals surface area contributed by atoms with Gasteiger partial charge in [-0.25, -0.2) is 0 Å². The van der Waals surface area contributed by atoms with E-state index in [4.69, 9.17) is 5.11 Å². The van der Waals surface area contributed by atoms with E-state index in [-0.39, 0.29) is 18.6 Å². The first-order chi connectivity index (χ1) is 4.20. The fourth-order valence-electron chi connectivity index (χ4n) is 0.672. The largest absolute Gasteiger partial charge is 0.366 e. The second-order valence-electron chi connectivity index (χ2n) is 2.06. The topological polar surface area (TPSA) is 58.6 Å². The van der Waals surface area contributed by atoms with Crippen molar-refractivity contribution in [3.63, 3.8) is 0 Å². The van der Waals surface area contributed by atoms with Crippen molar-refractivity contribution >= 4 is 5.91 Å². The maximum absolute atomic E-state index is 10.5. The van der Waals surface area contributed by atoms with Crippen molar-refractivity contribution in [2.24, 2.45) is 0 Å². The first kappa shape index (κ1) is 6.51. The summed E-state index contributed by atoms with van der Waals surface area (Å²) in [6, 6.07) is -0.286. The van der Waals surface area contributed by atoms with Gasteiger partial charge in [0.2, 0.25) is 5.91 Å². The standard InChI is InChI=1S/C5H9NO3/c1-3-5(8)9-2-4(7)6-3/h3,5,8H,2H2,1H3,(H,6,7). The zero-order valence-corrected chi connectivity index (χ0v) is 5.13. The Bertz CT molecular complexity index is 125. The zero-order chi connectivity index (χ0) is 6.85. The molecule has 0 spiro atoms. The van der Waals surface area contributed by atoms with Crippen LogP contribution in [0.25, 0.3) is 0 Å². The number of carbonyl (C=O) groups is 1. The summed E-state index contributed by atoms with van der Waals surface area (Å²) in [4.78, 5) is 10.5. The molecule has 0 radical (unpaired) electrons. The molecule has 1 fully saturated rings. The van der Waals surface area contributed by atoms with Crippen LogP contribution in [0.1, 0.15) is 6.92 Å². The smallest absolute Gasteiger partial charge is 0.246 e. The lowest BCUT2D eigenvalue weighted by atomic mass is 10.3. The highest BCUT2D eigenvalue weighted by Crippen LogP contribution is 1.99. The average Bonchev–Trinajstić information content (AvgIpc) is 1.80. The molecule has 2 unspecified atom stereocenters. The van der Waals surface area contributed by atoms with Crippen LogP contribution in [0.4, 0.5) is 0 Å². The highest BCUT2D eigenvalue weighted by Gasteiger charge is 2.22. The van der Waals surface area contributed by atoms with Gasteiger partial charge in [0.1, 0.15) is 6.61 Å². The molecule has 1 amide bonds. The van der Waals surface area contributed by atoms with Gasteiger partial charge in [0.05, 0.1) is 6.04 Å². The van der Waals surface area contributed by atoms with Crippen molar-refractivity contribution < 1.29 is 14.6 Å². The van der Waals surface area contributed by atoms with E-state index in [1.54, 1.807) is 6.92 Å². The molecule has 1 saturated heterocycles. The van der Waals surface area contributed by atoms with E-state index in [2.05, 4.69) is 10.1 Å². The van der Waals surface area contributed by atoms with Crippen molar-refractivity contribution in [2.75, 3.05) is 6.61 Å².